The van der Waals surface area contributed by atoms with E-state index in [2.05, 4.69) is 18.8 Å². The molecule has 0 aromatic heterocycles. The summed E-state index contributed by atoms with van der Waals surface area (Å²) < 4.78 is 13.4. The van der Waals surface area contributed by atoms with E-state index in [0.717, 1.165) is 41.5 Å². The summed E-state index contributed by atoms with van der Waals surface area (Å²) >= 11 is 0. The Morgan fingerprint density at radius 2 is 1.97 bits per heavy atom. The van der Waals surface area contributed by atoms with Crippen molar-refractivity contribution in [3.63, 3.8) is 0 Å². The Morgan fingerprint density at radius 3 is 2.77 bits per heavy atom. The van der Waals surface area contributed by atoms with Gasteiger partial charge in [-0.15, -0.1) is 0 Å². The molecule has 0 heterocycles. The zero-order valence-electron chi connectivity index (χ0n) is 17.3. The van der Waals surface area contributed by atoms with Crippen LogP contribution in [-0.2, 0) is 4.79 Å². The maximum Gasteiger partial charge on any atom is 0.184 e. The molecule has 152 valence electrons. The molecule has 0 radical (unpaired) electrons. The van der Waals surface area contributed by atoms with Gasteiger partial charge in [-0.1, -0.05) is 48.6 Å². The molecule has 2 aliphatic carbocycles. The van der Waals surface area contributed by atoms with Crippen LogP contribution in [0.5, 0.6) is 0 Å². The molecule has 2 aromatic carbocycles. The number of hydrogen-bond donors (Lipinski definition) is 1. The molecule has 0 bridgehead atoms. The van der Waals surface area contributed by atoms with Gasteiger partial charge in [-0.2, -0.15) is 0 Å². The number of allylic oxidation sites excluding steroid dienone is 2. The average Bonchev–Trinajstić information content (AvgIpc) is 2.73. The molecule has 4 rings (SSSR count). The van der Waals surface area contributed by atoms with Crippen molar-refractivity contribution in [2.45, 2.75) is 45.6 Å². The number of aliphatic hydroxyl groups excluding tert-OH is 1. The third-order valence-electron chi connectivity index (χ3n) is 6.43. The van der Waals surface area contributed by atoms with Crippen LogP contribution in [0.2, 0.25) is 0 Å². The lowest BCUT2D eigenvalue weighted by molar-refractivity contribution is -0.113. The molecule has 2 aromatic rings. The topological polar surface area (TPSA) is 37.3 Å². The predicted molar refractivity (Wildman–Crippen MR) is 117 cm³/mol. The largest absolute Gasteiger partial charge is 0.392 e. The van der Waals surface area contributed by atoms with E-state index in [-0.39, 0.29) is 17.0 Å². The van der Waals surface area contributed by atoms with Gasteiger partial charge in [0.2, 0.25) is 0 Å². The second-order valence-corrected chi connectivity index (χ2v) is 8.45. The molecule has 30 heavy (non-hydrogen) atoms. The predicted octanol–water partition coefficient (Wildman–Crippen LogP) is 5.45. The van der Waals surface area contributed by atoms with Crippen molar-refractivity contribution in [3.8, 4) is 11.8 Å². The standard InChI is InChI=1S/C27H25FO2/c1-18-24-11-6-12-25(29)27(24,2)17-22(26(18)30)16-21-9-4-3-8-20(21)14-13-19-7-5-10-23(28)15-19/h3-5,7-10,15-16,25,29H,6,11-12,17H2,1-2H3/b22-16+/t25-,27-/m0/s1. The number of benzene rings is 2. The number of rotatable bonds is 1. The lowest BCUT2D eigenvalue weighted by Crippen LogP contribution is -2.42. The summed E-state index contributed by atoms with van der Waals surface area (Å²) in [6.07, 6.45) is 4.58. The Hall–Kier alpha value is -2.96. The van der Waals surface area contributed by atoms with Crippen molar-refractivity contribution in [2.24, 2.45) is 5.41 Å². The second kappa shape index (κ2) is 8.05. The number of aliphatic hydroxyl groups is 1. The molecule has 0 amide bonds. The third kappa shape index (κ3) is 3.76. The average molecular weight is 400 g/mol. The highest BCUT2D eigenvalue weighted by Crippen LogP contribution is 2.50. The first-order valence-corrected chi connectivity index (χ1v) is 10.4. The summed E-state index contributed by atoms with van der Waals surface area (Å²) in [5.74, 6) is 5.86. The van der Waals surface area contributed by atoms with Gasteiger partial charge in [0.15, 0.2) is 5.78 Å². The zero-order valence-corrected chi connectivity index (χ0v) is 17.3. The third-order valence-corrected chi connectivity index (χ3v) is 6.43. The Bertz CT molecular complexity index is 1130. The highest BCUT2D eigenvalue weighted by atomic mass is 19.1. The van der Waals surface area contributed by atoms with Gasteiger partial charge in [0.1, 0.15) is 5.82 Å². The number of fused-ring (bicyclic) bond motifs is 1. The van der Waals surface area contributed by atoms with Gasteiger partial charge >= 0.3 is 0 Å². The van der Waals surface area contributed by atoms with Crippen LogP contribution in [-0.4, -0.2) is 17.0 Å². The van der Waals surface area contributed by atoms with E-state index < -0.39 is 6.10 Å². The molecule has 0 aliphatic heterocycles. The Balaban J connectivity index is 1.73. The highest BCUT2D eigenvalue weighted by molar-refractivity contribution is 6.12. The van der Waals surface area contributed by atoms with Crippen molar-refractivity contribution in [3.05, 3.63) is 87.8 Å². The molecule has 0 saturated heterocycles. The van der Waals surface area contributed by atoms with Crippen molar-refractivity contribution in [1.82, 2.24) is 0 Å². The van der Waals surface area contributed by atoms with Gasteiger partial charge in [-0.05, 0) is 74.1 Å². The van der Waals surface area contributed by atoms with Crippen molar-refractivity contribution in [1.29, 1.82) is 0 Å². The quantitative estimate of drug-likeness (QED) is 0.511. The van der Waals surface area contributed by atoms with Crippen LogP contribution >= 0.6 is 0 Å². The number of Topliss-reactive ketones (excluding diaryl/α,β-unsaturated/α-hetero) is 1. The minimum Gasteiger partial charge on any atom is -0.392 e. The first-order chi connectivity index (χ1) is 14.4. The molecule has 0 spiro atoms. The van der Waals surface area contributed by atoms with Gasteiger partial charge in [0, 0.05) is 22.1 Å². The molecular formula is C27H25FO2. The van der Waals surface area contributed by atoms with Crippen LogP contribution < -0.4 is 0 Å². The van der Waals surface area contributed by atoms with Gasteiger partial charge < -0.3 is 5.11 Å². The molecule has 1 saturated carbocycles. The van der Waals surface area contributed by atoms with Gasteiger partial charge in [-0.3, -0.25) is 4.79 Å². The summed E-state index contributed by atoms with van der Waals surface area (Å²) in [5.41, 5.74) is 4.45. The Kier molecular flexibility index (Phi) is 5.45. The zero-order chi connectivity index (χ0) is 21.3. The smallest absolute Gasteiger partial charge is 0.184 e. The second-order valence-electron chi connectivity index (χ2n) is 8.45. The number of hydrogen-bond acceptors (Lipinski definition) is 2. The molecule has 2 aliphatic rings. The monoisotopic (exact) mass is 400 g/mol. The van der Waals surface area contributed by atoms with Crippen molar-refractivity contribution < 1.29 is 14.3 Å². The lowest BCUT2D eigenvalue weighted by atomic mass is 9.61. The maximum atomic E-state index is 13.4. The van der Waals surface area contributed by atoms with E-state index in [1.54, 1.807) is 12.1 Å². The maximum absolute atomic E-state index is 13.4. The van der Waals surface area contributed by atoms with Gasteiger partial charge in [0.05, 0.1) is 6.10 Å². The normalized spacial score (nSPS) is 25.0. The first-order valence-electron chi connectivity index (χ1n) is 10.4. The van der Waals surface area contributed by atoms with Crippen molar-refractivity contribution in [2.75, 3.05) is 0 Å². The fourth-order valence-electron chi connectivity index (χ4n) is 4.72. The van der Waals surface area contributed by atoms with Gasteiger partial charge in [0.25, 0.3) is 0 Å². The SMILES string of the molecule is CC1=C2CCC[C@H](O)[C@@]2(C)C/C(=C\c2ccccc2C#Cc2cccc(F)c2)C1=O. The summed E-state index contributed by atoms with van der Waals surface area (Å²) in [7, 11) is 0. The van der Waals surface area contributed by atoms with E-state index in [4.69, 9.17) is 0 Å². The molecule has 1 fully saturated rings. The van der Waals surface area contributed by atoms with E-state index in [1.165, 1.54) is 12.1 Å². The van der Waals surface area contributed by atoms with Crippen molar-refractivity contribution >= 4 is 11.9 Å². The fraction of sp³-hybridized carbons (Fsp3) is 0.296. The van der Waals surface area contributed by atoms with E-state index in [0.29, 0.717) is 17.6 Å². The lowest BCUT2D eigenvalue weighted by Gasteiger charge is -2.45. The molecular weight excluding hydrogens is 375 g/mol. The summed E-state index contributed by atoms with van der Waals surface area (Å²) in [4.78, 5) is 13.1. The van der Waals surface area contributed by atoms with E-state index in [1.807, 2.05) is 37.3 Å². The van der Waals surface area contributed by atoms with E-state index in [9.17, 15) is 14.3 Å². The van der Waals surface area contributed by atoms with Crippen LogP contribution in [0, 0.1) is 23.1 Å². The summed E-state index contributed by atoms with van der Waals surface area (Å²) in [6, 6.07) is 13.8. The Labute approximate surface area is 177 Å². The number of carbonyl (C=O) groups is 1. The summed E-state index contributed by atoms with van der Waals surface area (Å²) in [5, 5.41) is 10.7. The first kappa shape index (κ1) is 20.3. The van der Waals surface area contributed by atoms with Crippen LogP contribution in [0.1, 0.15) is 56.2 Å². The van der Waals surface area contributed by atoms with Gasteiger partial charge in [-0.25, -0.2) is 4.39 Å². The molecule has 2 nitrogen and oxygen atoms in total. The minimum absolute atomic E-state index is 0.0597. The van der Waals surface area contributed by atoms with Crippen LogP contribution in [0.4, 0.5) is 4.39 Å². The summed E-state index contributed by atoms with van der Waals surface area (Å²) in [6.45, 7) is 3.96. The highest BCUT2D eigenvalue weighted by Gasteiger charge is 2.45. The van der Waals surface area contributed by atoms with E-state index >= 15 is 0 Å². The minimum atomic E-state index is -0.435. The van der Waals surface area contributed by atoms with Crippen LogP contribution in [0.25, 0.3) is 6.08 Å². The number of ketones is 1. The number of halogens is 1. The molecule has 1 N–H and O–H groups in total. The molecule has 3 heteroatoms. The Morgan fingerprint density at radius 1 is 1.17 bits per heavy atom. The van der Waals surface area contributed by atoms with Crippen LogP contribution in [0.15, 0.2) is 65.3 Å². The number of carbonyl (C=O) groups excluding carboxylic acids is 1. The van der Waals surface area contributed by atoms with Crippen LogP contribution in [0.3, 0.4) is 0 Å². The molecule has 0 unspecified atom stereocenters. The molecule has 2 atom stereocenters. The fourth-order valence-corrected chi connectivity index (χ4v) is 4.72.